The molecule has 1 unspecified atom stereocenters. The van der Waals surface area contributed by atoms with Crippen LogP contribution in [0.5, 0.6) is 11.5 Å². The number of hydrogen-bond donors (Lipinski definition) is 1. The zero-order chi connectivity index (χ0) is 35.0. The van der Waals surface area contributed by atoms with E-state index < -0.39 is 5.60 Å². The lowest BCUT2D eigenvalue weighted by atomic mass is 9.68. The van der Waals surface area contributed by atoms with Gasteiger partial charge in [0.1, 0.15) is 18.1 Å². The van der Waals surface area contributed by atoms with Crippen LogP contribution < -0.4 is 14.4 Å². The van der Waals surface area contributed by atoms with Crippen LogP contribution in [0.25, 0.3) is 28.0 Å². The number of nitrogens with zero attached hydrogens (tertiary/aromatic N) is 1. The Kier molecular flexibility index (Phi) is 9.04. The molecule has 2 aliphatic carbocycles. The monoisotopic (exact) mass is 689 g/mol. The number of aliphatic hydroxyl groups excluding tert-OH is 1. The summed E-state index contributed by atoms with van der Waals surface area (Å²) in [6.07, 6.45) is 20.1. The first-order chi connectivity index (χ1) is 25.7. The van der Waals surface area contributed by atoms with E-state index in [2.05, 4.69) is 102 Å². The molecule has 1 N–H and O–H groups in total. The van der Waals surface area contributed by atoms with Gasteiger partial charge in [0.25, 0.3) is 0 Å². The number of anilines is 1. The fourth-order valence-electron chi connectivity index (χ4n) is 10.0. The second kappa shape index (κ2) is 14.1. The molecule has 9 rings (SSSR count). The maximum atomic E-state index is 9.39. The topological polar surface area (TPSA) is 41.9 Å². The van der Waals surface area contributed by atoms with Crippen LogP contribution in [0.4, 0.5) is 5.69 Å². The predicted molar refractivity (Wildman–Crippen MR) is 214 cm³/mol. The summed E-state index contributed by atoms with van der Waals surface area (Å²) in [6, 6.07) is 35.7. The van der Waals surface area contributed by atoms with Crippen molar-refractivity contribution in [3.63, 3.8) is 0 Å². The summed E-state index contributed by atoms with van der Waals surface area (Å²) in [5.41, 5.74) is 9.66. The number of piperidine rings is 1. The lowest BCUT2D eigenvalue weighted by Crippen LogP contribution is -2.35. The minimum absolute atomic E-state index is 0.0134. The summed E-state index contributed by atoms with van der Waals surface area (Å²) < 4.78 is 13.5. The molecular formula is C48H51NO3. The fraction of sp³-hybridized carbons (Fsp3) is 0.375. The summed E-state index contributed by atoms with van der Waals surface area (Å²) in [4.78, 5) is 2.52. The van der Waals surface area contributed by atoms with Crippen LogP contribution in [0.3, 0.4) is 0 Å². The third kappa shape index (κ3) is 5.62. The Morgan fingerprint density at radius 2 is 1.27 bits per heavy atom. The van der Waals surface area contributed by atoms with Gasteiger partial charge in [-0.05, 0) is 90.1 Å². The van der Waals surface area contributed by atoms with Gasteiger partial charge in [0, 0.05) is 46.3 Å². The zero-order valence-corrected chi connectivity index (χ0v) is 30.4. The normalized spacial score (nSPS) is 20.9. The molecule has 266 valence electrons. The molecular weight excluding hydrogens is 639 g/mol. The molecule has 1 saturated heterocycles. The highest BCUT2D eigenvalue weighted by Crippen LogP contribution is 2.61. The predicted octanol–water partition coefficient (Wildman–Crippen LogP) is 11.3. The van der Waals surface area contributed by atoms with E-state index in [9.17, 15) is 5.11 Å². The van der Waals surface area contributed by atoms with Crippen molar-refractivity contribution >= 4 is 22.5 Å². The van der Waals surface area contributed by atoms with Crippen LogP contribution >= 0.6 is 0 Å². The van der Waals surface area contributed by atoms with Crippen LogP contribution in [-0.2, 0) is 11.0 Å². The Bertz CT molecular complexity index is 2060. The van der Waals surface area contributed by atoms with Crippen LogP contribution in [0.1, 0.15) is 105 Å². The number of ether oxygens (including phenoxy) is 2. The van der Waals surface area contributed by atoms with Gasteiger partial charge in [0.15, 0.2) is 5.60 Å². The molecule has 1 saturated carbocycles. The highest BCUT2D eigenvalue weighted by atomic mass is 16.5. The average molecular weight is 690 g/mol. The number of benzene rings is 5. The number of aliphatic hydroxyl groups is 1. The van der Waals surface area contributed by atoms with Crippen LogP contribution in [0.15, 0.2) is 103 Å². The van der Waals surface area contributed by atoms with E-state index in [0.29, 0.717) is 0 Å². The molecule has 4 heteroatoms. The Labute approximate surface area is 309 Å². The van der Waals surface area contributed by atoms with Gasteiger partial charge < -0.3 is 19.5 Å². The maximum Gasteiger partial charge on any atom is 0.178 e. The van der Waals surface area contributed by atoms with Crippen molar-refractivity contribution < 1.29 is 14.6 Å². The second-order valence-electron chi connectivity index (χ2n) is 15.5. The highest BCUT2D eigenvalue weighted by Gasteiger charge is 2.47. The first kappa shape index (κ1) is 33.3. The van der Waals surface area contributed by atoms with E-state index in [1.807, 2.05) is 12.1 Å². The van der Waals surface area contributed by atoms with E-state index in [4.69, 9.17) is 9.47 Å². The van der Waals surface area contributed by atoms with E-state index in [0.717, 1.165) is 35.7 Å². The average Bonchev–Trinajstić information content (AvgIpc) is 3.50. The molecule has 1 atom stereocenters. The Balaban J connectivity index is 1.24. The number of rotatable bonds is 6. The van der Waals surface area contributed by atoms with Crippen molar-refractivity contribution in [2.45, 2.75) is 88.1 Å². The standard InChI is InChI=1S/C48H51NO3/c50-33-34-51-38-25-21-36(22-26-38)48(35-19-23-37(24-20-35)49-31-13-6-14-32-49)30-27-42-45-44(39-15-7-8-16-40(39)46(42)52-48)41-17-9-10-18-43(41)47(45)28-11-4-2-1-3-5-12-29-47/h7-10,15-27,30,50H,1-6,11-14,28-29,31-34H2. The highest BCUT2D eigenvalue weighted by molar-refractivity contribution is 6.08. The fourth-order valence-corrected chi connectivity index (χ4v) is 10.0. The number of hydrogen-bond acceptors (Lipinski definition) is 4. The molecule has 5 aromatic rings. The van der Waals surface area contributed by atoms with E-state index in [-0.39, 0.29) is 18.6 Å². The zero-order valence-electron chi connectivity index (χ0n) is 30.4. The summed E-state index contributed by atoms with van der Waals surface area (Å²) in [6.45, 7) is 2.49. The lowest BCUT2D eigenvalue weighted by Gasteiger charge is -2.40. The van der Waals surface area contributed by atoms with E-state index >= 15 is 0 Å². The molecule has 0 radical (unpaired) electrons. The molecule has 2 aliphatic heterocycles. The first-order valence-electron chi connectivity index (χ1n) is 20.0. The van der Waals surface area contributed by atoms with E-state index in [1.54, 1.807) is 0 Å². The third-order valence-electron chi connectivity index (χ3n) is 12.5. The molecule has 0 amide bonds. The third-order valence-corrected chi connectivity index (χ3v) is 12.5. The van der Waals surface area contributed by atoms with Crippen molar-refractivity contribution in [2.24, 2.45) is 0 Å². The summed E-state index contributed by atoms with van der Waals surface area (Å²) in [5.74, 6) is 1.73. The van der Waals surface area contributed by atoms with Gasteiger partial charge in [-0.2, -0.15) is 0 Å². The smallest absolute Gasteiger partial charge is 0.178 e. The van der Waals surface area contributed by atoms with Gasteiger partial charge in [-0.3, -0.25) is 0 Å². The van der Waals surface area contributed by atoms with Crippen molar-refractivity contribution in [3.8, 4) is 22.6 Å². The minimum Gasteiger partial charge on any atom is -0.491 e. The Morgan fingerprint density at radius 1 is 0.654 bits per heavy atom. The summed E-state index contributed by atoms with van der Waals surface area (Å²) >= 11 is 0. The van der Waals surface area contributed by atoms with Crippen molar-refractivity contribution in [1.29, 1.82) is 0 Å². The van der Waals surface area contributed by atoms with Crippen molar-refractivity contribution in [3.05, 3.63) is 131 Å². The SMILES string of the molecule is OCCOc1ccc(C2(c3ccc(N4CCCCC4)cc3)C=Cc3c4c(c5ccccc5c3O2)-c2ccccc2C42CCCCCCCCC2)cc1. The maximum absolute atomic E-state index is 9.39. The Hall–Kier alpha value is -4.54. The largest absolute Gasteiger partial charge is 0.491 e. The quantitative estimate of drug-likeness (QED) is 0.193. The van der Waals surface area contributed by atoms with E-state index in [1.165, 1.54) is 121 Å². The molecule has 52 heavy (non-hydrogen) atoms. The molecule has 0 bridgehead atoms. The van der Waals surface area contributed by atoms with Gasteiger partial charge in [-0.1, -0.05) is 124 Å². The molecule has 1 spiro atoms. The minimum atomic E-state index is -0.838. The molecule has 2 heterocycles. The molecule has 4 nitrogen and oxygen atoms in total. The lowest BCUT2D eigenvalue weighted by molar-refractivity contribution is 0.163. The molecule has 4 aliphatic rings. The summed E-state index contributed by atoms with van der Waals surface area (Å²) in [5, 5.41) is 11.8. The van der Waals surface area contributed by atoms with Gasteiger partial charge in [0.05, 0.1) is 6.61 Å². The van der Waals surface area contributed by atoms with Crippen molar-refractivity contribution in [2.75, 3.05) is 31.2 Å². The first-order valence-corrected chi connectivity index (χ1v) is 20.0. The van der Waals surface area contributed by atoms with Gasteiger partial charge in [-0.25, -0.2) is 0 Å². The second-order valence-corrected chi connectivity index (χ2v) is 15.5. The van der Waals surface area contributed by atoms with Gasteiger partial charge in [0.2, 0.25) is 0 Å². The number of fused-ring (bicyclic) bond motifs is 10. The van der Waals surface area contributed by atoms with Gasteiger partial charge in [-0.15, -0.1) is 0 Å². The molecule has 0 aromatic heterocycles. The van der Waals surface area contributed by atoms with Crippen LogP contribution in [0, 0.1) is 0 Å². The summed E-state index contributed by atoms with van der Waals surface area (Å²) in [7, 11) is 0. The van der Waals surface area contributed by atoms with Crippen molar-refractivity contribution in [1.82, 2.24) is 0 Å². The molecule has 5 aromatic carbocycles. The van der Waals surface area contributed by atoms with Crippen LogP contribution in [0.2, 0.25) is 0 Å². The van der Waals surface area contributed by atoms with Gasteiger partial charge >= 0.3 is 0 Å². The molecule has 2 fully saturated rings. The van der Waals surface area contributed by atoms with Crippen LogP contribution in [-0.4, -0.2) is 31.4 Å². The Morgan fingerprint density at radius 3 is 1.98 bits per heavy atom.